The molecule has 2 aromatic rings. The summed E-state index contributed by atoms with van der Waals surface area (Å²) < 4.78 is 23.5. The number of nitrogens with zero attached hydrogens (tertiary/aromatic N) is 1. The summed E-state index contributed by atoms with van der Waals surface area (Å²) in [5, 5.41) is 0.406. The summed E-state index contributed by atoms with van der Waals surface area (Å²) >= 11 is 0. The summed E-state index contributed by atoms with van der Waals surface area (Å²) in [6, 6.07) is 11.2. The maximum Gasteiger partial charge on any atom is 0.363 e. The third-order valence-electron chi connectivity index (χ3n) is 3.76. The number of hydroxylamine groups is 2. The molecule has 3 rings (SSSR count). The van der Waals surface area contributed by atoms with E-state index in [1.54, 1.807) is 12.1 Å². The predicted molar refractivity (Wildman–Crippen MR) is 86.5 cm³/mol. The summed E-state index contributed by atoms with van der Waals surface area (Å²) in [5.74, 6) is -2.44. The van der Waals surface area contributed by atoms with Crippen molar-refractivity contribution in [3.63, 3.8) is 0 Å². The Morgan fingerprint density at radius 3 is 1.96 bits per heavy atom. The van der Waals surface area contributed by atoms with Gasteiger partial charge in [-0.25, -0.2) is 13.2 Å². The standard InChI is InChI=1S/C17H13NO6S/c1-2-25(22,23)12-9-7-11(8-10-12)17(21)24-18-15(19)13-5-3-4-6-14(13)16(18)20/h3-10H,2H2,1H3. The van der Waals surface area contributed by atoms with E-state index in [9.17, 15) is 22.8 Å². The second-order valence-corrected chi connectivity index (χ2v) is 7.54. The first-order valence-electron chi connectivity index (χ1n) is 7.38. The topological polar surface area (TPSA) is 97.8 Å². The van der Waals surface area contributed by atoms with Gasteiger partial charge in [-0.1, -0.05) is 24.1 Å². The molecular weight excluding hydrogens is 346 g/mol. The Morgan fingerprint density at radius 1 is 0.960 bits per heavy atom. The van der Waals surface area contributed by atoms with Crippen molar-refractivity contribution in [2.24, 2.45) is 0 Å². The fourth-order valence-electron chi connectivity index (χ4n) is 2.35. The van der Waals surface area contributed by atoms with Gasteiger partial charge >= 0.3 is 5.97 Å². The van der Waals surface area contributed by atoms with Gasteiger partial charge in [0.2, 0.25) is 0 Å². The number of carbonyl (C=O) groups excluding carboxylic acids is 3. The molecule has 2 aromatic carbocycles. The summed E-state index contributed by atoms with van der Waals surface area (Å²) in [4.78, 5) is 41.4. The first-order valence-corrected chi connectivity index (χ1v) is 9.03. The van der Waals surface area contributed by atoms with Crippen LogP contribution in [0.25, 0.3) is 0 Å². The molecule has 8 heteroatoms. The fraction of sp³-hybridized carbons (Fsp3) is 0.118. The lowest BCUT2D eigenvalue weighted by molar-refractivity contribution is -0.0584. The Morgan fingerprint density at radius 2 is 1.48 bits per heavy atom. The summed E-state index contributed by atoms with van der Waals surface area (Å²) in [6.45, 7) is 1.51. The first-order chi connectivity index (χ1) is 11.8. The van der Waals surface area contributed by atoms with Gasteiger partial charge in [0.1, 0.15) is 0 Å². The Kier molecular flexibility index (Phi) is 4.13. The quantitative estimate of drug-likeness (QED) is 0.773. The molecule has 25 heavy (non-hydrogen) atoms. The van der Waals surface area contributed by atoms with Gasteiger partial charge in [-0.2, -0.15) is 0 Å². The molecule has 0 aromatic heterocycles. The zero-order valence-electron chi connectivity index (χ0n) is 13.1. The Labute approximate surface area is 143 Å². The number of fused-ring (bicyclic) bond motifs is 1. The number of sulfone groups is 1. The number of imide groups is 1. The first kappa shape index (κ1) is 16.8. The summed E-state index contributed by atoms with van der Waals surface area (Å²) in [5.41, 5.74) is 0.334. The van der Waals surface area contributed by atoms with Crippen molar-refractivity contribution in [2.45, 2.75) is 11.8 Å². The van der Waals surface area contributed by atoms with E-state index in [0.29, 0.717) is 5.06 Å². The maximum absolute atomic E-state index is 12.2. The van der Waals surface area contributed by atoms with Gasteiger partial charge < -0.3 is 4.84 Å². The van der Waals surface area contributed by atoms with Crippen LogP contribution in [0.3, 0.4) is 0 Å². The van der Waals surface area contributed by atoms with E-state index in [2.05, 4.69) is 0 Å². The van der Waals surface area contributed by atoms with E-state index in [1.165, 1.54) is 43.3 Å². The molecule has 0 saturated carbocycles. The van der Waals surface area contributed by atoms with Crippen LogP contribution in [-0.2, 0) is 14.7 Å². The van der Waals surface area contributed by atoms with Crippen molar-refractivity contribution in [1.82, 2.24) is 5.06 Å². The molecule has 1 aliphatic heterocycles. The monoisotopic (exact) mass is 359 g/mol. The summed E-state index contributed by atoms with van der Waals surface area (Å²) in [7, 11) is -3.39. The molecule has 0 bridgehead atoms. The van der Waals surface area contributed by atoms with Crippen molar-refractivity contribution >= 4 is 27.6 Å². The molecular formula is C17H13NO6S. The number of hydrogen-bond donors (Lipinski definition) is 0. The minimum Gasteiger partial charge on any atom is -0.324 e. The predicted octanol–water partition coefficient (Wildman–Crippen LogP) is 1.85. The van der Waals surface area contributed by atoms with E-state index in [4.69, 9.17) is 4.84 Å². The highest BCUT2D eigenvalue weighted by Crippen LogP contribution is 2.23. The molecule has 7 nitrogen and oxygen atoms in total. The number of benzene rings is 2. The van der Waals surface area contributed by atoms with Gasteiger partial charge in [-0.05, 0) is 36.4 Å². The number of amides is 2. The zero-order chi connectivity index (χ0) is 18.2. The van der Waals surface area contributed by atoms with Crippen LogP contribution in [-0.4, -0.2) is 37.0 Å². The average molecular weight is 359 g/mol. The molecule has 1 aliphatic rings. The lowest BCUT2D eigenvalue weighted by Gasteiger charge is -2.12. The van der Waals surface area contributed by atoms with Crippen molar-refractivity contribution < 1.29 is 27.6 Å². The van der Waals surface area contributed by atoms with E-state index >= 15 is 0 Å². The molecule has 128 valence electrons. The number of carbonyl (C=O) groups is 3. The second kappa shape index (κ2) is 6.14. The van der Waals surface area contributed by atoms with Crippen molar-refractivity contribution in [1.29, 1.82) is 0 Å². The minimum absolute atomic E-state index is 0.0200. The summed E-state index contributed by atoms with van der Waals surface area (Å²) in [6.07, 6.45) is 0. The fourth-order valence-corrected chi connectivity index (χ4v) is 3.23. The van der Waals surface area contributed by atoms with Crippen LogP contribution in [0.2, 0.25) is 0 Å². The molecule has 0 saturated heterocycles. The van der Waals surface area contributed by atoms with Crippen molar-refractivity contribution in [2.75, 3.05) is 5.75 Å². The molecule has 0 fully saturated rings. The largest absolute Gasteiger partial charge is 0.363 e. The van der Waals surface area contributed by atoms with Gasteiger partial charge in [-0.3, -0.25) is 9.59 Å². The van der Waals surface area contributed by atoms with Crippen LogP contribution in [0.15, 0.2) is 53.4 Å². The van der Waals surface area contributed by atoms with Gasteiger partial charge in [0.15, 0.2) is 9.84 Å². The maximum atomic E-state index is 12.2. The van der Waals surface area contributed by atoms with Crippen LogP contribution >= 0.6 is 0 Å². The van der Waals surface area contributed by atoms with E-state index in [1.807, 2.05) is 0 Å². The van der Waals surface area contributed by atoms with Crippen LogP contribution in [0, 0.1) is 0 Å². The smallest absolute Gasteiger partial charge is 0.324 e. The van der Waals surface area contributed by atoms with E-state index in [0.717, 1.165) is 0 Å². The van der Waals surface area contributed by atoms with Gasteiger partial charge in [0.25, 0.3) is 11.8 Å². The molecule has 0 spiro atoms. The Balaban J connectivity index is 1.80. The van der Waals surface area contributed by atoms with Gasteiger partial charge in [0, 0.05) is 0 Å². The van der Waals surface area contributed by atoms with Crippen LogP contribution in [0.5, 0.6) is 0 Å². The minimum atomic E-state index is -3.39. The zero-order valence-corrected chi connectivity index (χ0v) is 13.9. The van der Waals surface area contributed by atoms with Crippen LogP contribution in [0.4, 0.5) is 0 Å². The van der Waals surface area contributed by atoms with Crippen LogP contribution < -0.4 is 0 Å². The number of rotatable bonds is 4. The third kappa shape index (κ3) is 2.91. The highest BCUT2D eigenvalue weighted by molar-refractivity contribution is 7.91. The average Bonchev–Trinajstić information content (AvgIpc) is 2.87. The third-order valence-corrected chi connectivity index (χ3v) is 5.51. The molecule has 0 unspecified atom stereocenters. The van der Waals surface area contributed by atoms with Crippen molar-refractivity contribution in [3.05, 3.63) is 65.2 Å². The lowest BCUT2D eigenvalue weighted by atomic mass is 10.1. The Hall–Kier alpha value is -3.00. The molecule has 0 N–H and O–H groups in total. The molecule has 0 aliphatic carbocycles. The van der Waals surface area contributed by atoms with E-state index in [-0.39, 0.29) is 27.3 Å². The normalized spacial score (nSPS) is 13.7. The van der Waals surface area contributed by atoms with E-state index < -0.39 is 27.6 Å². The van der Waals surface area contributed by atoms with Gasteiger partial charge in [0.05, 0.1) is 27.3 Å². The van der Waals surface area contributed by atoms with Crippen molar-refractivity contribution in [3.8, 4) is 0 Å². The highest BCUT2D eigenvalue weighted by Gasteiger charge is 2.38. The lowest BCUT2D eigenvalue weighted by Crippen LogP contribution is -2.32. The van der Waals surface area contributed by atoms with Gasteiger partial charge in [-0.15, -0.1) is 0 Å². The Bertz CT molecular complexity index is 943. The molecule has 0 atom stereocenters. The molecule has 2 amide bonds. The SMILES string of the molecule is CCS(=O)(=O)c1ccc(C(=O)ON2C(=O)c3ccccc3C2=O)cc1. The molecule has 0 radical (unpaired) electrons. The second-order valence-electron chi connectivity index (χ2n) is 5.26. The highest BCUT2D eigenvalue weighted by atomic mass is 32.2. The van der Waals surface area contributed by atoms with Crippen LogP contribution in [0.1, 0.15) is 38.0 Å². The molecule has 1 heterocycles. The number of hydrogen-bond acceptors (Lipinski definition) is 6.